The van der Waals surface area contributed by atoms with E-state index in [1.807, 2.05) is 18.2 Å². The molecule has 0 fully saturated rings. The number of aromatic nitrogens is 4. The normalized spacial score (nSPS) is 11.8. The van der Waals surface area contributed by atoms with Crippen molar-refractivity contribution in [2.75, 3.05) is 4.72 Å². The molecule has 0 saturated carbocycles. The summed E-state index contributed by atoms with van der Waals surface area (Å²) >= 11 is 0. The zero-order valence-electron chi connectivity index (χ0n) is 9.08. The predicted octanol–water partition coefficient (Wildman–Crippen LogP) is 1.09. The molecule has 0 spiro atoms. The molecule has 0 aliphatic rings. The maximum absolute atomic E-state index is 12.0. The fourth-order valence-electron chi connectivity index (χ4n) is 1.61. The first-order valence-corrected chi connectivity index (χ1v) is 6.59. The van der Waals surface area contributed by atoms with Crippen LogP contribution in [0.15, 0.2) is 41.8 Å². The first-order valence-electron chi connectivity index (χ1n) is 5.11. The van der Waals surface area contributed by atoms with Gasteiger partial charge in [0.1, 0.15) is 0 Å². The molecule has 0 atom stereocenters. The van der Waals surface area contributed by atoms with Crippen molar-refractivity contribution in [3.05, 3.63) is 36.8 Å². The van der Waals surface area contributed by atoms with Crippen LogP contribution in [0.1, 0.15) is 0 Å². The molecule has 8 heteroatoms. The number of H-pyrrole nitrogens is 2. The molecule has 18 heavy (non-hydrogen) atoms. The van der Waals surface area contributed by atoms with Gasteiger partial charge in [0, 0.05) is 5.39 Å². The maximum atomic E-state index is 12.0. The fraction of sp³-hybridized carbons (Fsp3) is 0. The Bertz CT molecular complexity index is 776. The summed E-state index contributed by atoms with van der Waals surface area (Å²) in [6, 6.07) is 7.25. The Morgan fingerprint density at radius 1 is 1.22 bits per heavy atom. The molecule has 3 N–H and O–H groups in total. The molecular weight excluding hydrogens is 254 g/mol. The zero-order chi connectivity index (χ0) is 12.6. The number of para-hydroxylation sites is 1. The van der Waals surface area contributed by atoms with Crippen LogP contribution in [0.4, 0.5) is 5.82 Å². The third-order valence-corrected chi connectivity index (χ3v) is 3.73. The molecule has 92 valence electrons. The van der Waals surface area contributed by atoms with Gasteiger partial charge in [0.2, 0.25) is 0 Å². The second-order valence-electron chi connectivity index (χ2n) is 3.64. The predicted molar refractivity (Wildman–Crippen MR) is 65.5 cm³/mol. The monoisotopic (exact) mass is 263 g/mol. The van der Waals surface area contributed by atoms with Crippen LogP contribution in [0.3, 0.4) is 0 Å². The lowest BCUT2D eigenvalue weighted by Gasteiger charge is -2.02. The van der Waals surface area contributed by atoms with Gasteiger partial charge in [0.15, 0.2) is 10.8 Å². The summed E-state index contributed by atoms with van der Waals surface area (Å²) in [6.45, 7) is 0. The number of nitrogens with one attached hydrogen (secondary N) is 3. The molecule has 2 heterocycles. The smallest absolute Gasteiger partial charge is 0.280 e. The summed E-state index contributed by atoms with van der Waals surface area (Å²) in [7, 11) is -3.68. The van der Waals surface area contributed by atoms with Crippen LogP contribution >= 0.6 is 0 Å². The van der Waals surface area contributed by atoms with Gasteiger partial charge in [0.05, 0.1) is 18.0 Å². The van der Waals surface area contributed by atoms with Crippen molar-refractivity contribution in [1.29, 1.82) is 0 Å². The van der Waals surface area contributed by atoms with E-state index in [9.17, 15) is 8.42 Å². The van der Waals surface area contributed by atoms with Crippen molar-refractivity contribution in [3.8, 4) is 0 Å². The highest BCUT2D eigenvalue weighted by atomic mass is 32.2. The van der Waals surface area contributed by atoms with Crippen molar-refractivity contribution in [1.82, 2.24) is 20.2 Å². The fourth-order valence-corrected chi connectivity index (χ4v) is 2.54. The number of fused-ring (bicyclic) bond motifs is 1. The summed E-state index contributed by atoms with van der Waals surface area (Å²) in [5.74, 6) is 0.264. The summed E-state index contributed by atoms with van der Waals surface area (Å²) in [5, 5.41) is 7.40. The van der Waals surface area contributed by atoms with Crippen molar-refractivity contribution in [3.63, 3.8) is 0 Å². The lowest BCUT2D eigenvalue weighted by atomic mass is 10.2. The molecule has 2 aromatic heterocycles. The van der Waals surface area contributed by atoms with E-state index < -0.39 is 10.0 Å². The molecule has 0 radical (unpaired) electrons. The first kappa shape index (κ1) is 10.8. The minimum absolute atomic E-state index is 0.00502. The van der Waals surface area contributed by atoms with E-state index in [-0.39, 0.29) is 10.8 Å². The van der Waals surface area contributed by atoms with Gasteiger partial charge >= 0.3 is 0 Å². The van der Waals surface area contributed by atoms with E-state index >= 15 is 0 Å². The first-order chi connectivity index (χ1) is 8.67. The van der Waals surface area contributed by atoms with Crippen molar-refractivity contribution < 1.29 is 8.42 Å². The number of nitrogens with zero attached hydrogens (tertiary/aromatic N) is 2. The van der Waals surface area contributed by atoms with E-state index in [1.165, 1.54) is 12.5 Å². The molecule has 7 nitrogen and oxygen atoms in total. The van der Waals surface area contributed by atoms with Gasteiger partial charge in [0.25, 0.3) is 10.0 Å². The Morgan fingerprint density at radius 2 is 2.06 bits per heavy atom. The molecule has 0 bridgehead atoms. The van der Waals surface area contributed by atoms with Crippen molar-refractivity contribution >= 4 is 26.7 Å². The number of sulfonamides is 1. The number of aromatic amines is 2. The SMILES string of the molecule is O=S(=O)(Nc1n[nH]c2ccccc12)c1cnc[nH]1. The molecule has 3 rings (SSSR count). The van der Waals surface area contributed by atoms with Gasteiger partial charge in [-0.3, -0.25) is 9.82 Å². The highest BCUT2D eigenvalue weighted by Gasteiger charge is 2.18. The van der Waals surface area contributed by atoms with Crippen LogP contribution < -0.4 is 4.72 Å². The van der Waals surface area contributed by atoms with Crippen LogP contribution in [-0.4, -0.2) is 28.6 Å². The Labute approximate surface area is 102 Å². The largest absolute Gasteiger partial charge is 0.334 e. The molecule has 3 aromatic rings. The number of hydrogen-bond acceptors (Lipinski definition) is 4. The number of imidazole rings is 1. The number of rotatable bonds is 3. The lowest BCUT2D eigenvalue weighted by Crippen LogP contribution is -2.13. The van der Waals surface area contributed by atoms with E-state index in [1.54, 1.807) is 6.07 Å². The number of hydrogen-bond donors (Lipinski definition) is 3. The summed E-state index contributed by atoms with van der Waals surface area (Å²) in [6.07, 6.45) is 2.54. The van der Waals surface area contributed by atoms with E-state index in [2.05, 4.69) is 24.9 Å². The van der Waals surface area contributed by atoms with Gasteiger partial charge in [-0.05, 0) is 12.1 Å². The second-order valence-corrected chi connectivity index (χ2v) is 5.29. The van der Waals surface area contributed by atoms with E-state index in [0.717, 1.165) is 5.52 Å². The van der Waals surface area contributed by atoms with Gasteiger partial charge in [-0.15, -0.1) is 0 Å². The Kier molecular flexibility index (Phi) is 2.30. The highest BCUT2D eigenvalue weighted by molar-refractivity contribution is 7.92. The molecule has 0 unspecified atom stereocenters. The summed E-state index contributed by atoms with van der Waals surface area (Å²) < 4.78 is 26.3. The lowest BCUT2D eigenvalue weighted by molar-refractivity contribution is 0.598. The quantitative estimate of drug-likeness (QED) is 0.658. The molecule has 0 aliphatic heterocycles. The Balaban J connectivity index is 2.03. The molecule has 0 amide bonds. The Morgan fingerprint density at radius 3 is 2.83 bits per heavy atom. The molecule has 0 saturated heterocycles. The van der Waals surface area contributed by atoms with Crippen LogP contribution in [0.25, 0.3) is 10.9 Å². The van der Waals surface area contributed by atoms with Crippen LogP contribution in [0, 0.1) is 0 Å². The maximum Gasteiger partial charge on any atom is 0.280 e. The summed E-state index contributed by atoms with van der Waals surface area (Å²) in [4.78, 5) is 6.22. The molecule has 1 aromatic carbocycles. The molecular formula is C10H9N5O2S. The van der Waals surface area contributed by atoms with Crippen molar-refractivity contribution in [2.24, 2.45) is 0 Å². The van der Waals surface area contributed by atoms with E-state index in [0.29, 0.717) is 5.39 Å². The van der Waals surface area contributed by atoms with Crippen LogP contribution in [0.5, 0.6) is 0 Å². The minimum atomic E-state index is -3.68. The van der Waals surface area contributed by atoms with Crippen LogP contribution in [0.2, 0.25) is 0 Å². The molecule has 0 aliphatic carbocycles. The van der Waals surface area contributed by atoms with Crippen LogP contribution in [-0.2, 0) is 10.0 Å². The van der Waals surface area contributed by atoms with Gasteiger partial charge < -0.3 is 4.98 Å². The van der Waals surface area contributed by atoms with E-state index in [4.69, 9.17) is 0 Å². The highest BCUT2D eigenvalue weighted by Crippen LogP contribution is 2.21. The Hall–Kier alpha value is -2.35. The van der Waals surface area contributed by atoms with Gasteiger partial charge in [-0.2, -0.15) is 13.5 Å². The van der Waals surface area contributed by atoms with Gasteiger partial charge in [-0.25, -0.2) is 4.98 Å². The van der Waals surface area contributed by atoms with Gasteiger partial charge in [-0.1, -0.05) is 12.1 Å². The third-order valence-electron chi connectivity index (χ3n) is 2.46. The third kappa shape index (κ3) is 1.72. The minimum Gasteiger partial charge on any atom is -0.334 e. The standard InChI is InChI=1S/C10H9N5O2S/c16-18(17,9-5-11-6-12-9)15-10-7-3-1-2-4-8(7)13-14-10/h1-6H,(H,11,12)(H2,13,14,15). The average Bonchev–Trinajstić information content (AvgIpc) is 2.99. The average molecular weight is 263 g/mol. The number of anilines is 1. The van der Waals surface area contributed by atoms with Crippen molar-refractivity contribution in [2.45, 2.75) is 5.03 Å². The zero-order valence-corrected chi connectivity index (χ0v) is 9.90. The topological polar surface area (TPSA) is 104 Å². The number of benzene rings is 1. The summed E-state index contributed by atoms with van der Waals surface area (Å²) in [5.41, 5.74) is 0.764. The second kappa shape index (κ2) is 3.84.